The molecule has 0 aliphatic carbocycles. The lowest BCUT2D eigenvalue weighted by Gasteiger charge is -2.32. The molecule has 27 heavy (non-hydrogen) atoms. The van der Waals surface area contributed by atoms with E-state index in [-0.39, 0.29) is 50.9 Å². The van der Waals surface area contributed by atoms with Crippen LogP contribution in [0.15, 0.2) is 24.3 Å². The Kier molecular flexibility index (Phi) is 8.90. The van der Waals surface area contributed by atoms with Gasteiger partial charge in [0.25, 0.3) is 5.92 Å². The number of halogens is 5. The van der Waals surface area contributed by atoms with Gasteiger partial charge in [-0.05, 0) is 38.1 Å². The summed E-state index contributed by atoms with van der Waals surface area (Å²) in [5, 5.41) is 17.9. The van der Waals surface area contributed by atoms with E-state index in [9.17, 15) is 27.1 Å². The number of benzene rings is 1. The van der Waals surface area contributed by atoms with Crippen LogP contribution in [0.2, 0.25) is 0 Å². The Morgan fingerprint density at radius 2 is 1.56 bits per heavy atom. The molecule has 0 aromatic heterocycles. The molecule has 1 aliphatic heterocycles. The number of piperidine rings is 1. The van der Waals surface area contributed by atoms with Crippen molar-refractivity contribution in [3.63, 3.8) is 0 Å². The molecule has 2 N–H and O–H groups in total. The largest absolute Gasteiger partial charge is 0.491 e. The van der Waals surface area contributed by atoms with Crippen LogP contribution in [0, 0.1) is 0 Å². The number of alkyl halides is 5. The summed E-state index contributed by atoms with van der Waals surface area (Å²) in [6.07, 6.45) is -5.95. The van der Waals surface area contributed by atoms with Crippen LogP contribution in [-0.2, 0) is 6.18 Å². The summed E-state index contributed by atoms with van der Waals surface area (Å²) < 4.78 is 68.5. The second kappa shape index (κ2) is 10.2. The van der Waals surface area contributed by atoms with E-state index in [1.165, 1.54) is 12.1 Å². The molecule has 2 rings (SSSR count). The van der Waals surface area contributed by atoms with E-state index in [4.69, 9.17) is 9.84 Å². The number of β-amino-alcohol motifs (C(OH)–C–C–N with tert-alkyl or cyclic N) is 1. The predicted molar refractivity (Wildman–Crippen MR) is 90.9 cm³/mol. The summed E-state index contributed by atoms with van der Waals surface area (Å²) in [7, 11) is 0. The van der Waals surface area contributed by atoms with E-state index >= 15 is 0 Å². The molecule has 0 amide bonds. The van der Waals surface area contributed by atoms with Crippen molar-refractivity contribution < 1.29 is 36.9 Å². The molecule has 9 heteroatoms. The standard InChI is InChI=1S/C15H18F5NO2.C3H8O/c16-14(17)5-7-21(8-6-14)9-12(22)10-23-13-3-1-11(2-4-13)15(18,19)20;1-3(2)4/h1-4,12,22H,5-10H2;3-4H,1-2H3/t12-;/m1./s1. The second-order valence-electron chi connectivity index (χ2n) is 6.74. The van der Waals surface area contributed by atoms with Crippen LogP contribution in [0.5, 0.6) is 5.75 Å². The third kappa shape index (κ3) is 9.88. The van der Waals surface area contributed by atoms with E-state index in [2.05, 4.69) is 0 Å². The minimum absolute atomic E-state index is 0.113. The van der Waals surface area contributed by atoms with Crippen LogP contribution in [0.25, 0.3) is 0 Å². The molecule has 1 aliphatic rings. The van der Waals surface area contributed by atoms with Crippen molar-refractivity contribution in [2.24, 2.45) is 0 Å². The first-order chi connectivity index (χ1) is 12.4. The average Bonchev–Trinajstić information content (AvgIpc) is 2.54. The Hall–Kier alpha value is -1.45. The maximum Gasteiger partial charge on any atom is 0.416 e. The Bertz CT molecular complexity index is 536. The lowest BCUT2D eigenvalue weighted by atomic mass is 10.1. The number of rotatable bonds is 5. The number of hydrogen-bond donors (Lipinski definition) is 2. The average molecular weight is 399 g/mol. The fourth-order valence-corrected chi connectivity index (χ4v) is 2.35. The Morgan fingerprint density at radius 1 is 1.07 bits per heavy atom. The highest BCUT2D eigenvalue weighted by atomic mass is 19.4. The fraction of sp³-hybridized carbons (Fsp3) is 0.667. The molecular formula is C18H26F5NO3. The molecule has 156 valence electrons. The molecule has 0 bridgehead atoms. The van der Waals surface area contributed by atoms with Crippen LogP contribution >= 0.6 is 0 Å². The first-order valence-electron chi connectivity index (χ1n) is 8.65. The van der Waals surface area contributed by atoms with Gasteiger partial charge in [-0.3, -0.25) is 0 Å². The number of likely N-dealkylation sites (tertiary alicyclic amines) is 1. The summed E-state index contributed by atoms with van der Waals surface area (Å²) in [5.41, 5.74) is -0.778. The molecule has 0 radical (unpaired) electrons. The van der Waals surface area contributed by atoms with Crippen LogP contribution in [-0.4, -0.2) is 59.5 Å². The summed E-state index contributed by atoms with van der Waals surface area (Å²) in [5.74, 6) is -2.43. The minimum Gasteiger partial charge on any atom is -0.491 e. The van der Waals surface area contributed by atoms with Gasteiger partial charge in [-0.1, -0.05) is 0 Å². The molecular weight excluding hydrogens is 373 g/mol. The number of ether oxygens (including phenoxy) is 1. The highest BCUT2D eigenvalue weighted by molar-refractivity contribution is 5.28. The van der Waals surface area contributed by atoms with Crippen LogP contribution in [0.4, 0.5) is 22.0 Å². The van der Waals surface area contributed by atoms with E-state index in [0.717, 1.165) is 12.1 Å². The molecule has 1 saturated heterocycles. The third-order valence-electron chi connectivity index (χ3n) is 3.68. The van der Waals surface area contributed by atoms with Crippen molar-refractivity contribution in [2.45, 2.75) is 51.0 Å². The lowest BCUT2D eigenvalue weighted by molar-refractivity contribution is -0.137. The smallest absolute Gasteiger partial charge is 0.416 e. The van der Waals surface area contributed by atoms with Crippen LogP contribution in [0.1, 0.15) is 32.3 Å². The molecule has 1 aromatic rings. The summed E-state index contributed by atoms with van der Waals surface area (Å²) in [4.78, 5) is 1.72. The SMILES string of the molecule is CC(C)O.O[C@@H](COc1ccc(C(F)(F)F)cc1)CN1CCC(F)(F)CC1. The number of nitrogens with zero attached hydrogens (tertiary/aromatic N) is 1. The molecule has 0 unspecified atom stereocenters. The lowest BCUT2D eigenvalue weighted by Crippen LogP contribution is -2.44. The van der Waals surface area contributed by atoms with Crippen LogP contribution < -0.4 is 4.74 Å². The van der Waals surface area contributed by atoms with Crippen molar-refractivity contribution >= 4 is 0 Å². The highest BCUT2D eigenvalue weighted by Gasteiger charge is 2.34. The summed E-state index contributed by atoms with van der Waals surface area (Å²) in [6.45, 7) is 3.92. The maximum absolute atomic E-state index is 13.0. The van der Waals surface area contributed by atoms with Crippen molar-refractivity contribution in [1.29, 1.82) is 0 Å². The van der Waals surface area contributed by atoms with Gasteiger partial charge in [0.05, 0.1) is 5.56 Å². The van der Waals surface area contributed by atoms with Crippen molar-refractivity contribution in [1.82, 2.24) is 4.90 Å². The molecule has 0 saturated carbocycles. The first kappa shape index (κ1) is 23.6. The van der Waals surface area contributed by atoms with Gasteiger partial charge in [-0.15, -0.1) is 0 Å². The highest BCUT2D eigenvalue weighted by Crippen LogP contribution is 2.30. The zero-order valence-electron chi connectivity index (χ0n) is 15.3. The quantitative estimate of drug-likeness (QED) is 0.744. The second-order valence-corrected chi connectivity index (χ2v) is 6.74. The van der Waals surface area contributed by atoms with Gasteiger partial charge in [0, 0.05) is 38.6 Å². The fourth-order valence-electron chi connectivity index (χ4n) is 2.35. The van der Waals surface area contributed by atoms with Gasteiger partial charge in [-0.25, -0.2) is 8.78 Å². The molecule has 0 spiro atoms. The van der Waals surface area contributed by atoms with Crippen LogP contribution in [0.3, 0.4) is 0 Å². The van der Waals surface area contributed by atoms with Gasteiger partial charge in [-0.2, -0.15) is 13.2 Å². The Balaban J connectivity index is 0.000000828. The maximum atomic E-state index is 13.0. The zero-order valence-corrected chi connectivity index (χ0v) is 15.3. The molecule has 1 aromatic carbocycles. The summed E-state index contributed by atoms with van der Waals surface area (Å²) >= 11 is 0. The summed E-state index contributed by atoms with van der Waals surface area (Å²) in [6, 6.07) is 4.15. The molecule has 4 nitrogen and oxygen atoms in total. The van der Waals surface area contributed by atoms with E-state index in [0.29, 0.717) is 0 Å². The molecule has 1 atom stereocenters. The van der Waals surface area contributed by atoms with Crippen molar-refractivity contribution in [2.75, 3.05) is 26.2 Å². The van der Waals surface area contributed by atoms with Gasteiger partial charge < -0.3 is 19.8 Å². The van der Waals surface area contributed by atoms with E-state index in [1.807, 2.05) is 0 Å². The van der Waals surface area contributed by atoms with Gasteiger partial charge in [0.2, 0.25) is 0 Å². The van der Waals surface area contributed by atoms with Gasteiger partial charge >= 0.3 is 6.18 Å². The molecule has 1 heterocycles. The number of hydrogen-bond acceptors (Lipinski definition) is 4. The van der Waals surface area contributed by atoms with Crippen molar-refractivity contribution in [3.8, 4) is 5.75 Å². The van der Waals surface area contributed by atoms with Gasteiger partial charge in [0.1, 0.15) is 18.5 Å². The zero-order chi connectivity index (χ0) is 20.7. The topological polar surface area (TPSA) is 52.9 Å². The monoisotopic (exact) mass is 399 g/mol. The minimum atomic E-state index is -4.41. The molecule has 1 fully saturated rings. The number of aliphatic hydroxyl groups excluding tert-OH is 2. The van der Waals surface area contributed by atoms with E-state index in [1.54, 1.807) is 18.7 Å². The van der Waals surface area contributed by atoms with Crippen molar-refractivity contribution in [3.05, 3.63) is 29.8 Å². The first-order valence-corrected chi connectivity index (χ1v) is 8.65. The number of aliphatic hydroxyl groups is 2. The predicted octanol–water partition coefficient (Wildman–Crippen LogP) is 3.56. The Morgan fingerprint density at radius 3 is 2.00 bits per heavy atom. The van der Waals surface area contributed by atoms with Gasteiger partial charge in [0.15, 0.2) is 0 Å². The third-order valence-corrected chi connectivity index (χ3v) is 3.68. The van der Waals surface area contributed by atoms with E-state index < -0.39 is 23.8 Å². The Labute approximate surface area is 155 Å². The normalized spacial score (nSPS) is 18.6.